The number of nitrogens with zero attached hydrogens (tertiary/aromatic N) is 3. The van der Waals surface area contributed by atoms with Gasteiger partial charge in [0.15, 0.2) is 0 Å². The molecule has 3 aromatic heterocycles. The highest BCUT2D eigenvalue weighted by molar-refractivity contribution is 7.16. The van der Waals surface area contributed by atoms with Crippen molar-refractivity contribution in [3.63, 3.8) is 0 Å². The van der Waals surface area contributed by atoms with Crippen molar-refractivity contribution in [1.29, 1.82) is 0 Å². The van der Waals surface area contributed by atoms with Gasteiger partial charge in [-0.05, 0) is 24.4 Å². The average molecular weight is 361 g/mol. The number of aromatic nitrogens is 2. The van der Waals surface area contributed by atoms with Gasteiger partial charge in [0.1, 0.15) is 5.69 Å². The minimum atomic E-state index is -0.470. The molecule has 0 radical (unpaired) electrons. The first-order valence-corrected chi connectivity index (χ1v) is 8.42. The summed E-state index contributed by atoms with van der Waals surface area (Å²) in [6.45, 7) is 1.76. The summed E-state index contributed by atoms with van der Waals surface area (Å²) in [6.07, 6.45) is 1.37. The van der Waals surface area contributed by atoms with E-state index in [4.69, 9.17) is 0 Å². The maximum atomic E-state index is 12.4. The predicted octanol–water partition coefficient (Wildman–Crippen LogP) is 3.18. The predicted molar refractivity (Wildman–Crippen MR) is 92.7 cm³/mol. The smallest absolute Gasteiger partial charge is 0.281 e. The second-order valence-corrected chi connectivity index (χ2v) is 6.72. The number of nitro groups is 1. The van der Waals surface area contributed by atoms with Gasteiger partial charge in [-0.3, -0.25) is 20.0 Å². The fraction of sp³-hybridized carbons (Fsp3) is 0.0714. The van der Waals surface area contributed by atoms with Crippen molar-refractivity contribution in [2.75, 3.05) is 0 Å². The third-order valence-corrected chi connectivity index (χ3v) is 4.93. The molecule has 3 aromatic rings. The summed E-state index contributed by atoms with van der Waals surface area (Å²) in [4.78, 5) is 24.0. The van der Waals surface area contributed by atoms with Crippen molar-refractivity contribution >= 4 is 39.8 Å². The molecule has 8 nitrogen and oxygen atoms in total. The molecule has 10 heteroatoms. The van der Waals surface area contributed by atoms with Crippen molar-refractivity contribution in [2.45, 2.75) is 6.92 Å². The van der Waals surface area contributed by atoms with Crippen LogP contribution in [0.25, 0.3) is 10.6 Å². The maximum absolute atomic E-state index is 12.4. The summed E-state index contributed by atoms with van der Waals surface area (Å²) in [7, 11) is 0. The van der Waals surface area contributed by atoms with Crippen molar-refractivity contribution in [3.05, 3.63) is 55.9 Å². The van der Waals surface area contributed by atoms with Gasteiger partial charge in [0, 0.05) is 11.8 Å². The number of hydrogen-bond acceptors (Lipinski definition) is 7. The zero-order valence-electron chi connectivity index (χ0n) is 12.3. The molecule has 0 aliphatic heterocycles. The van der Waals surface area contributed by atoms with E-state index in [-0.39, 0.29) is 5.00 Å². The Labute approximate surface area is 144 Å². The molecule has 0 spiro atoms. The molecule has 0 saturated carbocycles. The summed E-state index contributed by atoms with van der Waals surface area (Å²) < 4.78 is 0. The number of carbonyl (C=O) groups excluding carboxylic acids is 1. The molecule has 0 unspecified atom stereocenters. The number of rotatable bonds is 5. The molecular formula is C14H11N5O3S2. The number of aromatic amines is 1. The van der Waals surface area contributed by atoms with E-state index < -0.39 is 10.8 Å². The third kappa shape index (κ3) is 3.24. The lowest BCUT2D eigenvalue weighted by molar-refractivity contribution is -0.380. The Morgan fingerprint density at radius 2 is 2.29 bits per heavy atom. The summed E-state index contributed by atoms with van der Waals surface area (Å²) >= 11 is 2.46. The van der Waals surface area contributed by atoms with E-state index in [0.29, 0.717) is 21.8 Å². The Balaban J connectivity index is 1.75. The van der Waals surface area contributed by atoms with Crippen LogP contribution in [0, 0.1) is 17.0 Å². The van der Waals surface area contributed by atoms with Crippen LogP contribution < -0.4 is 5.43 Å². The van der Waals surface area contributed by atoms with E-state index in [1.807, 2.05) is 17.5 Å². The van der Waals surface area contributed by atoms with Crippen molar-refractivity contribution in [1.82, 2.24) is 15.6 Å². The number of carbonyl (C=O) groups is 1. The SMILES string of the molecule is Cc1[nH]nc(-c2cccs2)c1C(=O)N/N=C\c1ccc([N+](=O)[O-])s1. The van der Waals surface area contributed by atoms with Crippen LogP contribution in [0.5, 0.6) is 0 Å². The number of thiophene rings is 2. The molecule has 2 N–H and O–H groups in total. The molecule has 0 aromatic carbocycles. The van der Waals surface area contributed by atoms with E-state index in [2.05, 4.69) is 20.7 Å². The molecule has 0 aliphatic rings. The molecule has 1 amide bonds. The number of amides is 1. The van der Waals surface area contributed by atoms with Crippen LogP contribution in [0.3, 0.4) is 0 Å². The minimum absolute atomic E-state index is 0.0217. The first-order chi connectivity index (χ1) is 11.6. The Bertz CT molecular complexity index is 911. The van der Waals surface area contributed by atoms with Crippen molar-refractivity contribution < 1.29 is 9.72 Å². The lowest BCUT2D eigenvalue weighted by Crippen LogP contribution is -2.18. The molecule has 0 bridgehead atoms. The lowest BCUT2D eigenvalue weighted by atomic mass is 10.1. The van der Waals surface area contributed by atoms with E-state index in [0.717, 1.165) is 16.2 Å². The highest BCUT2D eigenvalue weighted by Crippen LogP contribution is 2.27. The molecule has 0 atom stereocenters. The molecule has 3 rings (SSSR count). The molecule has 0 fully saturated rings. The van der Waals surface area contributed by atoms with Gasteiger partial charge < -0.3 is 0 Å². The van der Waals surface area contributed by atoms with E-state index >= 15 is 0 Å². The maximum Gasteiger partial charge on any atom is 0.324 e. The quantitative estimate of drug-likeness (QED) is 0.413. The standard InChI is InChI=1S/C14H11N5O3S2/c1-8-12(13(17-16-8)10-3-2-6-23-10)14(20)18-15-7-9-4-5-11(24-9)19(21)22/h2-7H,1H3,(H,16,17)(H,18,20)/b15-7-. The zero-order valence-corrected chi connectivity index (χ0v) is 14.0. The van der Waals surface area contributed by atoms with Gasteiger partial charge in [0.25, 0.3) is 5.91 Å². The number of nitrogens with one attached hydrogen (secondary N) is 2. The summed E-state index contributed by atoms with van der Waals surface area (Å²) in [5.41, 5.74) is 4.06. The van der Waals surface area contributed by atoms with Gasteiger partial charge in [-0.15, -0.1) is 11.3 Å². The molecule has 0 aliphatic carbocycles. The van der Waals surface area contributed by atoms with E-state index in [1.54, 1.807) is 13.0 Å². The second-order valence-electron chi connectivity index (χ2n) is 4.68. The fourth-order valence-corrected chi connectivity index (χ4v) is 3.43. The fourth-order valence-electron chi connectivity index (χ4n) is 2.02. The van der Waals surface area contributed by atoms with E-state index in [9.17, 15) is 14.9 Å². The first-order valence-electron chi connectivity index (χ1n) is 6.72. The molecular weight excluding hydrogens is 350 g/mol. The Hall–Kier alpha value is -2.85. The van der Waals surface area contributed by atoms with Crippen LogP contribution in [0.1, 0.15) is 20.9 Å². The Morgan fingerprint density at radius 1 is 1.46 bits per heavy atom. The zero-order chi connectivity index (χ0) is 17.1. The van der Waals surface area contributed by atoms with Crippen LogP contribution >= 0.6 is 22.7 Å². The summed E-state index contributed by atoms with van der Waals surface area (Å²) in [5.74, 6) is -0.396. The number of hydrazone groups is 1. The largest absolute Gasteiger partial charge is 0.324 e. The topological polar surface area (TPSA) is 113 Å². The molecule has 3 heterocycles. The van der Waals surface area contributed by atoms with Crippen molar-refractivity contribution in [3.8, 4) is 10.6 Å². The molecule has 122 valence electrons. The van der Waals surface area contributed by atoms with Crippen LogP contribution in [-0.4, -0.2) is 27.2 Å². The van der Waals surface area contributed by atoms with Crippen LogP contribution in [-0.2, 0) is 0 Å². The van der Waals surface area contributed by atoms with Crippen LogP contribution in [0.4, 0.5) is 5.00 Å². The highest BCUT2D eigenvalue weighted by Gasteiger charge is 2.19. The first kappa shape index (κ1) is 16.0. The average Bonchev–Trinajstić information content (AvgIpc) is 3.26. The second kappa shape index (κ2) is 6.72. The monoisotopic (exact) mass is 361 g/mol. The van der Waals surface area contributed by atoms with Crippen LogP contribution in [0.15, 0.2) is 34.7 Å². The van der Waals surface area contributed by atoms with Gasteiger partial charge in [-0.1, -0.05) is 17.4 Å². The lowest BCUT2D eigenvalue weighted by Gasteiger charge is -2.00. The minimum Gasteiger partial charge on any atom is -0.281 e. The Morgan fingerprint density at radius 3 is 2.96 bits per heavy atom. The van der Waals surface area contributed by atoms with Crippen molar-refractivity contribution in [2.24, 2.45) is 5.10 Å². The van der Waals surface area contributed by atoms with Gasteiger partial charge in [-0.25, -0.2) is 5.43 Å². The normalized spacial score (nSPS) is 11.0. The third-order valence-electron chi connectivity index (χ3n) is 3.08. The summed E-state index contributed by atoms with van der Waals surface area (Å²) in [6, 6.07) is 6.72. The molecule has 24 heavy (non-hydrogen) atoms. The van der Waals surface area contributed by atoms with E-state index in [1.165, 1.54) is 23.6 Å². The summed E-state index contributed by atoms with van der Waals surface area (Å²) in [5, 5.41) is 23.4. The number of aryl methyl sites for hydroxylation is 1. The Kier molecular flexibility index (Phi) is 4.49. The molecule has 0 saturated heterocycles. The number of H-pyrrole nitrogens is 1. The highest BCUT2D eigenvalue weighted by atomic mass is 32.1. The van der Waals surface area contributed by atoms with Crippen LogP contribution in [0.2, 0.25) is 0 Å². The number of hydrogen-bond donors (Lipinski definition) is 2. The van der Waals surface area contributed by atoms with Gasteiger partial charge in [0.05, 0.1) is 26.5 Å². The van der Waals surface area contributed by atoms with Gasteiger partial charge >= 0.3 is 5.00 Å². The van der Waals surface area contributed by atoms with Gasteiger partial charge in [0.2, 0.25) is 0 Å². The van der Waals surface area contributed by atoms with Gasteiger partial charge in [-0.2, -0.15) is 10.2 Å².